The molecule has 0 amide bonds. The number of hydrogen-bond acceptors (Lipinski definition) is 3. The second-order valence-corrected chi connectivity index (χ2v) is 8.87. The predicted octanol–water partition coefficient (Wildman–Crippen LogP) is 5.78. The van der Waals surface area contributed by atoms with E-state index >= 15 is 0 Å². The van der Waals surface area contributed by atoms with Crippen LogP contribution in [0.2, 0.25) is 0 Å². The Morgan fingerprint density at radius 2 is 1.72 bits per heavy atom. The smallest absolute Gasteiger partial charge is 0.303 e. The van der Waals surface area contributed by atoms with Crippen molar-refractivity contribution in [3.05, 3.63) is 35.9 Å². The molecule has 0 unspecified atom stereocenters. The highest BCUT2D eigenvalue weighted by Crippen LogP contribution is 2.37. The first-order chi connectivity index (χ1) is 14.2. The van der Waals surface area contributed by atoms with Crippen LogP contribution in [0.25, 0.3) is 11.3 Å². The fourth-order valence-corrected chi connectivity index (χ4v) is 4.96. The lowest BCUT2D eigenvalue weighted by Crippen LogP contribution is -2.16. The van der Waals surface area contributed by atoms with Crippen molar-refractivity contribution < 1.29 is 14.6 Å². The van der Waals surface area contributed by atoms with Gasteiger partial charge in [0.2, 0.25) is 5.88 Å². The van der Waals surface area contributed by atoms with Gasteiger partial charge in [-0.1, -0.05) is 43.5 Å². The molecule has 1 aromatic carbocycles. The molecule has 0 radical (unpaired) electrons. The van der Waals surface area contributed by atoms with E-state index in [-0.39, 0.29) is 0 Å². The molecule has 2 fully saturated rings. The van der Waals surface area contributed by atoms with Crippen molar-refractivity contribution in [2.24, 2.45) is 11.8 Å². The maximum atomic E-state index is 10.9. The van der Waals surface area contributed by atoms with Gasteiger partial charge in [-0.15, -0.1) is 5.10 Å². The van der Waals surface area contributed by atoms with E-state index in [1.165, 1.54) is 37.7 Å². The zero-order valence-corrected chi connectivity index (χ0v) is 17.1. The first kappa shape index (κ1) is 20.0. The zero-order valence-electron chi connectivity index (χ0n) is 17.1. The fourth-order valence-electron chi connectivity index (χ4n) is 4.96. The lowest BCUT2D eigenvalue weighted by molar-refractivity contribution is -0.138. The number of aliphatic carboxylic acids is 1. The van der Waals surface area contributed by atoms with Crippen LogP contribution in [-0.2, 0) is 4.79 Å². The van der Waals surface area contributed by atoms with Crippen LogP contribution in [-0.4, -0.2) is 27.9 Å². The predicted molar refractivity (Wildman–Crippen MR) is 113 cm³/mol. The van der Waals surface area contributed by atoms with E-state index in [1.807, 2.05) is 6.07 Å². The third-order valence-electron chi connectivity index (χ3n) is 6.75. The van der Waals surface area contributed by atoms with E-state index in [9.17, 15) is 4.79 Å². The Balaban J connectivity index is 1.30. The molecule has 1 heterocycles. The maximum absolute atomic E-state index is 10.9. The van der Waals surface area contributed by atoms with Crippen LogP contribution in [0, 0.1) is 11.8 Å². The lowest BCUT2D eigenvalue weighted by atomic mass is 9.77. The molecule has 2 N–H and O–H groups in total. The van der Waals surface area contributed by atoms with Gasteiger partial charge in [0.05, 0.1) is 12.3 Å². The number of benzene rings is 1. The molecule has 4 rings (SSSR count). The van der Waals surface area contributed by atoms with Gasteiger partial charge in [-0.25, -0.2) is 0 Å². The Bertz CT molecular complexity index is 785. The molecule has 5 heteroatoms. The van der Waals surface area contributed by atoms with Crippen LogP contribution in [0.1, 0.15) is 75.7 Å². The van der Waals surface area contributed by atoms with Gasteiger partial charge in [0.25, 0.3) is 0 Å². The summed E-state index contributed by atoms with van der Waals surface area (Å²) >= 11 is 0. The van der Waals surface area contributed by atoms with Crippen molar-refractivity contribution in [1.82, 2.24) is 10.2 Å². The van der Waals surface area contributed by atoms with Crippen LogP contribution < -0.4 is 4.74 Å². The molecular weight excluding hydrogens is 364 g/mol. The van der Waals surface area contributed by atoms with E-state index in [1.54, 1.807) is 0 Å². The summed E-state index contributed by atoms with van der Waals surface area (Å²) < 4.78 is 5.92. The number of nitrogens with zero attached hydrogens (tertiary/aromatic N) is 1. The first-order valence-electron chi connectivity index (χ1n) is 11.2. The standard InChI is InChI=1S/C24H32N2O3/c27-24(28)14-17-6-8-19(9-7-17)20-10-12-21(13-11-20)22-15-23(26-25-22)29-16-18-4-2-1-3-5-18/h10-13,15,17-19H,1-9,14,16H2,(H,25,26)(H,27,28). The van der Waals surface area contributed by atoms with Gasteiger partial charge >= 0.3 is 5.97 Å². The second-order valence-electron chi connectivity index (χ2n) is 8.87. The average molecular weight is 397 g/mol. The van der Waals surface area contributed by atoms with Crippen molar-refractivity contribution in [3.63, 3.8) is 0 Å². The Morgan fingerprint density at radius 1 is 1.00 bits per heavy atom. The monoisotopic (exact) mass is 396 g/mol. The second kappa shape index (κ2) is 9.47. The van der Waals surface area contributed by atoms with Crippen molar-refractivity contribution >= 4 is 5.97 Å². The van der Waals surface area contributed by atoms with Crippen molar-refractivity contribution in [2.75, 3.05) is 6.61 Å². The molecule has 5 nitrogen and oxygen atoms in total. The molecule has 0 spiro atoms. The molecule has 0 atom stereocenters. The summed E-state index contributed by atoms with van der Waals surface area (Å²) in [6.07, 6.45) is 11.1. The minimum atomic E-state index is -0.667. The van der Waals surface area contributed by atoms with Crippen LogP contribution >= 0.6 is 0 Å². The zero-order chi connectivity index (χ0) is 20.1. The summed E-state index contributed by atoms with van der Waals surface area (Å²) in [5.41, 5.74) is 3.46. The number of aromatic nitrogens is 2. The Labute approximate surface area is 172 Å². The quantitative estimate of drug-likeness (QED) is 0.621. The van der Waals surface area contributed by atoms with Crippen LogP contribution in [0.4, 0.5) is 0 Å². The number of rotatable bonds is 7. The molecular formula is C24H32N2O3. The third kappa shape index (κ3) is 5.40. The fraction of sp³-hybridized carbons (Fsp3) is 0.583. The largest absolute Gasteiger partial charge is 0.481 e. The van der Waals surface area contributed by atoms with E-state index in [0.29, 0.717) is 30.1 Å². The molecule has 2 saturated carbocycles. The molecule has 2 aliphatic carbocycles. The van der Waals surface area contributed by atoms with Crippen LogP contribution in [0.5, 0.6) is 5.88 Å². The molecule has 0 bridgehead atoms. The number of carboxylic acids is 1. The number of carboxylic acid groups (broad SMARTS) is 1. The van der Waals surface area contributed by atoms with E-state index < -0.39 is 5.97 Å². The summed E-state index contributed by atoms with van der Waals surface area (Å²) in [5, 5.41) is 16.4. The number of hydrogen-bond donors (Lipinski definition) is 2. The maximum Gasteiger partial charge on any atom is 0.303 e. The normalized spacial score (nSPS) is 23.0. The molecule has 1 aromatic heterocycles. The number of carbonyl (C=O) groups is 1. The Kier molecular flexibility index (Phi) is 6.53. The number of nitrogens with one attached hydrogen (secondary N) is 1. The Hall–Kier alpha value is -2.30. The molecule has 29 heavy (non-hydrogen) atoms. The first-order valence-corrected chi connectivity index (χ1v) is 11.2. The third-order valence-corrected chi connectivity index (χ3v) is 6.75. The SMILES string of the molecule is O=C(O)CC1CCC(c2ccc(-c3cc(OCC4CCCCC4)n[nH]3)cc2)CC1. The lowest BCUT2D eigenvalue weighted by Gasteiger charge is -2.28. The summed E-state index contributed by atoms with van der Waals surface area (Å²) in [7, 11) is 0. The summed E-state index contributed by atoms with van der Waals surface area (Å²) in [6.45, 7) is 0.772. The minimum absolute atomic E-state index is 0.316. The highest BCUT2D eigenvalue weighted by Gasteiger charge is 2.24. The van der Waals surface area contributed by atoms with Gasteiger partial charge in [0, 0.05) is 12.5 Å². The van der Waals surface area contributed by atoms with E-state index in [4.69, 9.17) is 9.84 Å². The minimum Gasteiger partial charge on any atom is -0.481 e. The highest BCUT2D eigenvalue weighted by atomic mass is 16.5. The van der Waals surface area contributed by atoms with Gasteiger partial charge < -0.3 is 9.84 Å². The van der Waals surface area contributed by atoms with Crippen molar-refractivity contribution in [3.8, 4) is 17.1 Å². The van der Waals surface area contributed by atoms with E-state index in [0.717, 1.165) is 43.5 Å². The summed E-state index contributed by atoms with van der Waals surface area (Å²) in [6, 6.07) is 10.7. The Morgan fingerprint density at radius 3 is 2.41 bits per heavy atom. The van der Waals surface area contributed by atoms with Crippen LogP contribution in [0.3, 0.4) is 0 Å². The van der Waals surface area contributed by atoms with E-state index in [2.05, 4.69) is 34.5 Å². The molecule has 2 aliphatic rings. The van der Waals surface area contributed by atoms with Gasteiger partial charge in [-0.3, -0.25) is 9.89 Å². The molecule has 156 valence electrons. The van der Waals surface area contributed by atoms with Crippen molar-refractivity contribution in [1.29, 1.82) is 0 Å². The topological polar surface area (TPSA) is 75.2 Å². The van der Waals surface area contributed by atoms with Gasteiger partial charge in [0.1, 0.15) is 0 Å². The number of ether oxygens (including phenoxy) is 1. The number of aromatic amines is 1. The van der Waals surface area contributed by atoms with Crippen molar-refractivity contribution in [2.45, 2.75) is 70.1 Å². The number of H-pyrrole nitrogens is 1. The van der Waals surface area contributed by atoms with Crippen LogP contribution in [0.15, 0.2) is 30.3 Å². The average Bonchev–Trinajstić information content (AvgIpc) is 3.22. The van der Waals surface area contributed by atoms with Gasteiger partial charge in [-0.05, 0) is 67.4 Å². The van der Waals surface area contributed by atoms with Gasteiger partial charge in [0.15, 0.2) is 0 Å². The highest BCUT2D eigenvalue weighted by molar-refractivity contribution is 5.67. The molecule has 0 aliphatic heterocycles. The van der Waals surface area contributed by atoms with Gasteiger partial charge in [-0.2, -0.15) is 0 Å². The summed E-state index contributed by atoms with van der Waals surface area (Å²) in [5.74, 6) is 1.59. The molecule has 2 aromatic rings. The molecule has 0 saturated heterocycles. The summed E-state index contributed by atoms with van der Waals surface area (Å²) in [4.78, 5) is 10.9.